The number of nitrogens with two attached hydrogens (primary N) is 1. The quantitative estimate of drug-likeness (QED) is 0.787. The number of hydrogen-bond acceptors (Lipinski definition) is 2. The lowest BCUT2D eigenvalue weighted by atomic mass is 9.89. The first kappa shape index (κ1) is 13.6. The minimum atomic E-state index is -0.311. The maximum Gasteiger partial charge on any atom is 0.225 e. The van der Waals surface area contributed by atoms with Gasteiger partial charge in [0.1, 0.15) is 0 Å². The van der Waals surface area contributed by atoms with Crippen LogP contribution in [0.1, 0.15) is 38.3 Å². The SMILES string of the molecule is CCC(C)(C)C(=O)NCc1cccc(N)c1C. The van der Waals surface area contributed by atoms with Crippen molar-refractivity contribution >= 4 is 11.6 Å². The first-order valence-corrected chi connectivity index (χ1v) is 6.00. The summed E-state index contributed by atoms with van der Waals surface area (Å²) in [6.45, 7) is 8.44. The van der Waals surface area contributed by atoms with Gasteiger partial charge in [0.2, 0.25) is 5.91 Å². The number of amides is 1. The van der Waals surface area contributed by atoms with Crippen LogP contribution in [0.3, 0.4) is 0 Å². The minimum Gasteiger partial charge on any atom is -0.399 e. The normalized spacial score (nSPS) is 11.3. The Labute approximate surface area is 103 Å². The second kappa shape index (κ2) is 5.21. The molecule has 0 radical (unpaired) electrons. The zero-order valence-electron chi connectivity index (χ0n) is 11.1. The molecule has 0 spiro atoms. The van der Waals surface area contributed by atoms with Gasteiger partial charge in [-0.1, -0.05) is 32.9 Å². The van der Waals surface area contributed by atoms with Gasteiger partial charge in [0.25, 0.3) is 0 Å². The van der Waals surface area contributed by atoms with Crippen LogP contribution in [-0.2, 0) is 11.3 Å². The third-order valence-corrected chi connectivity index (χ3v) is 3.43. The lowest BCUT2D eigenvalue weighted by Crippen LogP contribution is -2.36. The zero-order chi connectivity index (χ0) is 13.1. The van der Waals surface area contributed by atoms with Crippen LogP contribution >= 0.6 is 0 Å². The molecule has 3 N–H and O–H groups in total. The van der Waals surface area contributed by atoms with Crippen molar-refractivity contribution < 1.29 is 4.79 Å². The lowest BCUT2D eigenvalue weighted by Gasteiger charge is -2.22. The molecule has 0 unspecified atom stereocenters. The number of anilines is 1. The van der Waals surface area contributed by atoms with Crippen molar-refractivity contribution in [3.63, 3.8) is 0 Å². The van der Waals surface area contributed by atoms with Crippen LogP contribution in [0.5, 0.6) is 0 Å². The number of carbonyl (C=O) groups is 1. The van der Waals surface area contributed by atoms with Crippen LogP contribution in [0.25, 0.3) is 0 Å². The summed E-state index contributed by atoms with van der Waals surface area (Å²) in [5.41, 5.74) is 8.40. The van der Waals surface area contributed by atoms with Crippen LogP contribution in [0.4, 0.5) is 5.69 Å². The zero-order valence-corrected chi connectivity index (χ0v) is 11.1. The molecule has 0 atom stereocenters. The highest BCUT2D eigenvalue weighted by molar-refractivity contribution is 5.81. The summed E-state index contributed by atoms with van der Waals surface area (Å²) in [7, 11) is 0. The molecule has 0 bridgehead atoms. The fourth-order valence-corrected chi connectivity index (χ4v) is 1.47. The van der Waals surface area contributed by atoms with Crippen molar-refractivity contribution in [2.45, 2.75) is 40.7 Å². The summed E-state index contributed by atoms with van der Waals surface area (Å²) >= 11 is 0. The topological polar surface area (TPSA) is 55.1 Å². The first-order valence-electron chi connectivity index (χ1n) is 6.00. The number of nitrogens with one attached hydrogen (secondary N) is 1. The molecule has 0 aliphatic heterocycles. The fourth-order valence-electron chi connectivity index (χ4n) is 1.47. The van der Waals surface area contributed by atoms with Crippen molar-refractivity contribution in [1.82, 2.24) is 5.32 Å². The van der Waals surface area contributed by atoms with Crippen LogP contribution in [0.15, 0.2) is 18.2 Å². The van der Waals surface area contributed by atoms with E-state index in [2.05, 4.69) is 5.32 Å². The largest absolute Gasteiger partial charge is 0.399 e. The average molecular weight is 234 g/mol. The van der Waals surface area contributed by atoms with Crippen molar-refractivity contribution in [3.05, 3.63) is 29.3 Å². The van der Waals surface area contributed by atoms with Gasteiger partial charge >= 0.3 is 0 Å². The molecule has 3 heteroatoms. The molecule has 0 aromatic heterocycles. The van der Waals surface area contributed by atoms with Crippen molar-refractivity contribution in [3.8, 4) is 0 Å². The maximum atomic E-state index is 11.9. The second-order valence-electron chi connectivity index (χ2n) is 5.05. The van der Waals surface area contributed by atoms with E-state index in [4.69, 9.17) is 5.73 Å². The number of rotatable bonds is 4. The average Bonchev–Trinajstić information content (AvgIpc) is 2.30. The Kier molecular flexibility index (Phi) is 4.16. The van der Waals surface area contributed by atoms with Gasteiger partial charge in [-0.25, -0.2) is 0 Å². The highest BCUT2D eigenvalue weighted by atomic mass is 16.2. The molecule has 0 aliphatic rings. The predicted molar refractivity (Wildman–Crippen MR) is 71.5 cm³/mol. The predicted octanol–water partition coefficient (Wildman–Crippen LogP) is 2.63. The van der Waals surface area contributed by atoms with E-state index in [1.165, 1.54) is 0 Å². The van der Waals surface area contributed by atoms with Crippen molar-refractivity contribution in [1.29, 1.82) is 0 Å². The van der Waals surface area contributed by atoms with E-state index in [1.54, 1.807) is 0 Å². The van der Waals surface area contributed by atoms with Crippen LogP contribution in [0.2, 0.25) is 0 Å². The first-order chi connectivity index (χ1) is 7.88. The molecular formula is C14H22N2O. The van der Waals surface area contributed by atoms with E-state index in [0.29, 0.717) is 6.54 Å². The van der Waals surface area contributed by atoms with Gasteiger partial charge in [-0.15, -0.1) is 0 Å². The van der Waals surface area contributed by atoms with E-state index < -0.39 is 0 Å². The van der Waals surface area contributed by atoms with Gasteiger partial charge in [-0.05, 0) is 30.5 Å². The summed E-state index contributed by atoms with van der Waals surface area (Å²) in [5, 5.41) is 2.96. The molecule has 1 aromatic rings. The Morgan fingerprint density at radius 2 is 2.06 bits per heavy atom. The lowest BCUT2D eigenvalue weighted by molar-refractivity contribution is -0.129. The van der Waals surface area contributed by atoms with E-state index >= 15 is 0 Å². The summed E-state index contributed by atoms with van der Waals surface area (Å²) in [4.78, 5) is 11.9. The molecule has 0 saturated carbocycles. The Hall–Kier alpha value is -1.51. The highest BCUT2D eigenvalue weighted by Crippen LogP contribution is 2.20. The molecule has 0 fully saturated rings. The molecule has 0 heterocycles. The summed E-state index contributed by atoms with van der Waals surface area (Å²) < 4.78 is 0. The van der Waals surface area contributed by atoms with E-state index in [-0.39, 0.29) is 11.3 Å². The second-order valence-corrected chi connectivity index (χ2v) is 5.05. The molecule has 94 valence electrons. The molecule has 0 aliphatic carbocycles. The Morgan fingerprint density at radius 1 is 1.41 bits per heavy atom. The number of nitrogen functional groups attached to an aromatic ring is 1. The fraction of sp³-hybridized carbons (Fsp3) is 0.500. The summed E-state index contributed by atoms with van der Waals surface area (Å²) in [6.07, 6.45) is 0.828. The van der Waals surface area contributed by atoms with Gasteiger partial charge in [0.05, 0.1) is 0 Å². The van der Waals surface area contributed by atoms with Gasteiger partial charge in [-0.3, -0.25) is 4.79 Å². The third kappa shape index (κ3) is 3.22. The molecule has 1 aromatic carbocycles. The summed E-state index contributed by atoms with van der Waals surface area (Å²) in [5.74, 6) is 0.0850. The molecule has 0 saturated heterocycles. The van der Waals surface area contributed by atoms with Gasteiger partial charge < -0.3 is 11.1 Å². The van der Waals surface area contributed by atoms with Gasteiger partial charge in [0.15, 0.2) is 0 Å². The Balaban J connectivity index is 2.69. The highest BCUT2D eigenvalue weighted by Gasteiger charge is 2.24. The Bertz CT molecular complexity index is 411. The molecule has 1 rings (SSSR count). The van der Waals surface area contributed by atoms with Crippen LogP contribution in [-0.4, -0.2) is 5.91 Å². The molecular weight excluding hydrogens is 212 g/mol. The monoisotopic (exact) mass is 234 g/mol. The van der Waals surface area contributed by atoms with Crippen LogP contribution in [0, 0.1) is 12.3 Å². The number of benzene rings is 1. The molecule has 1 amide bonds. The summed E-state index contributed by atoms with van der Waals surface area (Å²) in [6, 6.07) is 5.77. The van der Waals surface area contributed by atoms with Crippen molar-refractivity contribution in [2.75, 3.05) is 5.73 Å². The van der Waals surface area contributed by atoms with Gasteiger partial charge in [-0.2, -0.15) is 0 Å². The Morgan fingerprint density at radius 3 is 2.65 bits per heavy atom. The third-order valence-electron chi connectivity index (χ3n) is 3.43. The standard InChI is InChI=1S/C14H22N2O/c1-5-14(3,4)13(17)16-9-11-7-6-8-12(15)10(11)2/h6-8H,5,9,15H2,1-4H3,(H,16,17). The minimum absolute atomic E-state index is 0.0850. The molecule has 3 nitrogen and oxygen atoms in total. The van der Waals surface area contributed by atoms with Crippen molar-refractivity contribution in [2.24, 2.45) is 5.41 Å². The van der Waals surface area contributed by atoms with E-state index in [1.807, 2.05) is 45.9 Å². The van der Waals surface area contributed by atoms with E-state index in [0.717, 1.165) is 23.2 Å². The number of carbonyl (C=O) groups excluding carboxylic acids is 1. The maximum absolute atomic E-state index is 11.9. The van der Waals surface area contributed by atoms with E-state index in [9.17, 15) is 4.79 Å². The van der Waals surface area contributed by atoms with Crippen LogP contribution < -0.4 is 11.1 Å². The van der Waals surface area contributed by atoms with Gasteiger partial charge in [0, 0.05) is 17.6 Å². The number of hydrogen-bond donors (Lipinski definition) is 2. The smallest absolute Gasteiger partial charge is 0.225 e. The molecule has 17 heavy (non-hydrogen) atoms.